The van der Waals surface area contributed by atoms with Crippen LogP contribution >= 0.6 is 0 Å². The lowest BCUT2D eigenvalue weighted by molar-refractivity contribution is -0.142. The summed E-state index contributed by atoms with van der Waals surface area (Å²) in [5, 5.41) is 3.40. The molecule has 2 aliphatic rings. The average Bonchev–Trinajstić information content (AvgIpc) is 2.62. The number of rotatable bonds is 3. The van der Waals surface area contributed by atoms with Crippen LogP contribution in [0.2, 0.25) is 0 Å². The molecule has 1 aromatic carbocycles. The van der Waals surface area contributed by atoms with Gasteiger partial charge in [-0.05, 0) is 30.5 Å². The molecule has 0 saturated carbocycles. The maximum atomic E-state index is 12.9. The smallest absolute Gasteiger partial charge is 0.226 e. The Kier molecular flexibility index (Phi) is 4.95. The third-order valence-corrected chi connectivity index (χ3v) is 4.60. The summed E-state index contributed by atoms with van der Waals surface area (Å²) < 4.78 is 10.6. The van der Waals surface area contributed by atoms with E-state index in [-0.39, 0.29) is 17.9 Å². The highest BCUT2D eigenvalue weighted by molar-refractivity contribution is 5.79. The van der Waals surface area contributed by atoms with Gasteiger partial charge in [0.15, 0.2) is 0 Å². The predicted molar refractivity (Wildman–Crippen MR) is 83.9 cm³/mol. The molecule has 1 aromatic rings. The van der Waals surface area contributed by atoms with Gasteiger partial charge in [0, 0.05) is 38.8 Å². The first-order chi connectivity index (χ1) is 10.8. The lowest BCUT2D eigenvalue weighted by Gasteiger charge is -2.39. The Bertz CT molecular complexity index is 497. The molecule has 1 amide bonds. The number of benzene rings is 1. The quantitative estimate of drug-likeness (QED) is 0.921. The minimum absolute atomic E-state index is 0.106. The number of hydrogen-bond acceptors (Lipinski definition) is 4. The SMILES string of the molecule is COc1ccc([C@H]2CNCCN2C(=O)C2CCOCC2)cc1. The number of amides is 1. The Labute approximate surface area is 131 Å². The van der Waals surface area contributed by atoms with Gasteiger partial charge in [-0.25, -0.2) is 0 Å². The van der Waals surface area contributed by atoms with E-state index < -0.39 is 0 Å². The maximum Gasteiger partial charge on any atom is 0.226 e. The van der Waals surface area contributed by atoms with Gasteiger partial charge in [-0.2, -0.15) is 0 Å². The van der Waals surface area contributed by atoms with E-state index in [2.05, 4.69) is 17.4 Å². The van der Waals surface area contributed by atoms with Crippen molar-refractivity contribution in [2.45, 2.75) is 18.9 Å². The number of piperazine rings is 1. The minimum atomic E-state index is 0.106. The van der Waals surface area contributed by atoms with E-state index in [1.165, 1.54) is 0 Å². The molecule has 5 heteroatoms. The Morgan fingerprint density at radius 1 is 1.27 bits per heavy atom. The van der Waals surface area contributed by atoms with Crippen LogP contribution in [-0.2, 0) is 9.53 Å². The van der Waals surface area contributed by atoms with Crippen molar-refractivity contribution in [1.82, 2.24) is 10.2 Å². The second-order valence-electron chi connectivity index (χ2n) is 5.91. The standard InChI is InChI=1S/C17H24N2O3/c1-21-15-4-2-13(3-5-15)16-12-18-8-9-19(16)17(20)14-6-10-22-11-7-14/h2-5,14,16,18H,6-12H2,1H3/t16-/m1/s1. The number of ether oxygens (including phenoxy) is 2. The molecule has 0 aromatic heterocycles. The van der Waals surface area contributed by atoms with Gasteiger partial charge < -0.3 is 19.7 Å². The van der Waals surface area contributed by atoms with E-state index in [4.69, 9.17) is 9.47 Å². The average molecular weight is 304 g/mol. The summed E-state index contributed by atoms with van der Waals surface area (Å²) in [5.74, 6) is 1.24. The van der Waals surface area contributed by atoms with Gasteiger partial charge in [-0.3, -0.25) is 4.79 Å². The number of nitrogens with zero attached hydrogens (tertiary/aromatic N) is 1. The van der Waals surface area contributed by atoms with Crippen LogP contribution < -0.4 is 10.1 Å². The Hall–Kier alpha value is -1.59. The Morgan fingerprint density at radius 3 is 2.68 bits per heavy atom. The summed E-state index contributed by atoms with van der Waals surface area (Å²) in [6, 6.07) is 8.14. The van der Waals surface area contributed by atoms with Crippen LogP contribution in [-0.4, -0.2) is 50.8 Å². The third kappa shape index (κ3) is 3.25. The van der Waals surface area contributed by atoms with Crippen molar-refractivity contribution < 1.29 is 14.3 Å². The molecule has 2 saturated heterocycles. The summed E-state index contributed by atoms with van der Waals surface area (Å²) in [7, 11) is 1.66. The van der Waals surface area contributed by atoms with Crippen molar-refractivity contribution in [3.8, 4) is 5.75 Å². The lowest BCUT2D eigenvalue weighted by atomic mass is 9.95. The first-order valence-electron chi connectivity index (χ1n) is 8.02. The summed E-state index contributed by atoms with van der Waals surface area (Å²) in [6.45, 7) is 3.85. The first-order valence-corrected chi connectivity index (χ1v) is 8.02. The van der Waals surface area contributed by atoms with Crippen molar-refractivity contribution in [2.24, 2.45) is 5.92 Å². The van der Waals surface area contributed by atoms with Gasteiger partial charge in [0.1, 0.15) is 5.75 Å². The number of hydrogen-bond donors (Lipinski definition) is 1. The highest BCUT2D eigenvalue weighted by Gasteiger charge is 2.33. The van der Waals surface area contributed by atoms with Crippen molar-refractivity contribution in [3.63, 3.8) is 0 Å². The molecule has 2 fully saturated rings. The number of nitrogens with one attached hydrogen (secondary N) is 1. The van der Waals surface area contributed by atoms with E-state index in [9.17, 15) is 4.79 Å². The number of methoxy groups -OCH3 is 1. The van der Waals surface area contributed by atoms with Crippen LogP contribution in [0.3, 0.4) is 0 Å². The third-order valence-electron chi connectivity index (χ3n) is 4.60. The van der Waals surface area contributed by atoms with Crippen molar-refractivity contribution in [3.05, 3.63) is 29.8 Å². The maximum absolute atomic E-state index is 12.9. The van der Waals surface area contributed by atoms with Crippen LogP contribution in [0.25, 0.3) is 0 Å². The fourth-order valence-corrected chi connectivity index (χ4v) is 3.27. The fraction of sp³-hybridized carbons (Fsp3) is 0.588. The van der Waals surface area contributed by atoms with Crippen molar-refractivity contribution in [2.75, 3.05) is 40.0 Å². The van der Waals surface area contributed by atoms with E-state index >= 15 is 0 Å². The van der Waals surface area contributed by atoms with Crippen LogP contribution in [0.4, 0.5) is 0 Å². The van der Waals surface area contributed by atoms with Crippen molar-refractivity contribution >= 4 is 5.91 Å². The summed E-state index contributed by atoms with van der Waals surface area (Å²) in [4.78, 5) is 14.9. The summed E-state index contributed by atoms with van der Waals surface area (Å²) >= 11 is 0. The summed E-state index contributed by atoms with van der Waals surface area (Å²) in [5.41, 5.74) is 1.16. The van der Waals surface area contributed by atoms with E-state index in [0.717, 1.165) is 43.8 Å². The molecule has 1 atom stereocenters. The van der Waals surface area contributed by atoms with Crippen molar-refractivity contribution in [1.29, 1.82) is 0 Å². The van der Waals surface area contributed by atoms with E-state index in [1.54, 1.807) is 7.11 Å². The van der Waals surface area contributed by atoms with E-state index in [1.807, 2.05) is 17.0 Å². The molecule has 22 heavy (non-hydrogen) atoms. The Morgan fingerprint density at radius 2 is 2.00 bits per heavy atom. The molecule has 1 N–H and O–H groups in total. The number of carbonyl (C=O) groups is 1. The van der Waals surface area contributed by atoms with Gasteiger partial charge in [-0.1, -0.05) is 12.1 Å². The normalized spacial score (nSPS) is 23.3. The zero-order valence-electron chi connectivity index (χ0n) is 13.1. The predicted octanol–water partition coefficient (Wildman–Crippen LogP) is 1.59. The fourth-order valence-electron chi connectivity index (χ4n) is 3.27. The molecule has 120 valence electrons. The largest absolute Gasteiger partial charge is 0.497 e. The second kappa shape index (κ2) is 7.11. The van der Waals surface area contributed by atoms with Gasteiger partial charge in [-0.15, -0.1) is 0 Å². The van der Waals surface area contributed by atoms with Crippen LogP contribution in [0.15, 0.2) is 24.3 Å². The monoisotopic (exact) mass is 304 g/mol. The van der Waals surface area contributed by atoms with Crippen LogP contribution in [0, 0.1) is 5.92 Å². The molecule has 0 unspecified atom stereocenters. The second-order valence-corrected chi connectivity index (χ2v) is 5.91. The highest BCUT2D eigenvalue weighted by atomic mass is 16.5. The molecule has 0 bridgehead atoms. The van der Waals surface area contributed by atoms with Crippen LogP contribution in [0.1, 0.15) is 24.4 Å². The lowest BCUT2D eigenvalue weighted by Crippen LogP contribution is -2.51. The summed E-state index contributed by atoms with van der Waals surface area (Å²) in [6.07, 6.45) is 1.69. The molecule has 3 rings (SSSR count). The molecular formula is C17H24N2O3. The minimum Gasteiger partial charge on any atom is -0.497 e. The topological polar surface area (TPSA) is 50.8 Å². The van der Waals surface area contributed by atoms with Gasteiger partial charge in [0.2, 0.25) is 5.91 Å². The molecule has 5 nitrogen and oxygen atoms in total. The Balaban J connectivity index is 1.76. The molecule has 2 heterocycles. The molecule has 0 radical (unpaired) electrons. The van der Waals surface area contributed by atoms with Gasteiger partial charge in [0.25, 0.3) is 0 Å². The van der Waals surface area contributed by atoms with Crippen LogP contribution in [0.5, 0.6) is 5.75 Å². The highest BCUT2D eigenvalue weighted by Crippen LogP contribution is 2.28. The zero-order valence-corrected chi connectivity index (χ0v) is 13.1. The van der Waals surface area contributed by atoms with Gasteiger partial charge in [0.05, 0.1) is 13.2 Å². The molecule has 2 aliphatic heterocycles. The molecular weight excluding hydrogens is 280 g/mol. The first kappa shape index (κ1) is 15.3. The molecule has 0 aliphatic carbocycles. The van der Waals surface area contributed by atoms with Gasteiger partial charge >= 0.3 is 0 Å². The molecule has 0 spiro atoms. The van der Waals surface area contributed by atoms with E-state index in [0.29, 0.717) is 13.2 Å². The number of carbonyl (C=O) groups excluding carboxylic acids is 1. The zero-order chi connectivity index (χ0) is 15.4.